The van der Waals surface area contributed by atoms with Gasteiger partial charge in [0.15, 0.2) is 11.5 Å². The van der Waals surface area contributed by atoms with E-state index in [-0.39, 0.29) is 24.8 Å². The van der Waals surface area contributed by atoms with Crippen LogP contribution in [0.25, 0.3) is 20.7 Å². The van der Waals surface area contributed by atoms with Crippen LogP contribution >= 0.6 is 22.9 Å². The SMILES string of the molecule is CCN(Cc1ccc2c(c1)OCO2)C(=O)Cn1cnc2cc(-c3ccc(Cl)cc3)sc2c1=O. The highest BCUT2D eigenvalue weighted by Crippen LogP contribution is 2.33. The van der Waals surface area contributed by atoms with Crippen molar-refractivity contribution < 1.29 is 14.3 Å². The summed E-state index contributed by atoms with van der Waals surface area (Å²) in [5.74, 6) is 1.22. The van der Waals surface area contributed by atoms with E-state index >= 15 is 0 Å². The number of halogens is 1. The van der Waals surface area contributed by atoms with Crippen molar-refractivity contribution in [2.45, 2.75) is 20.0 Å². The van der Waals surface area contributed by atoms with Gasteiger partial charge in [0.1, 0.15) is 11.2 Å². The summed E-state index contributed by atoms with van der Waals surface area (Å²) in [6, 6.07) is 14.9. The summed E-state index contributed by atoms with van der Waals surface area (Å²) in [7, 11) is 0. The fraction of sp³-hybridized carbons (Fsp3) is 0.208. The molecule has 1 amide bonds. The molecule has 0 unspecified atom stereocenters. The van der Waals surface area contributed by atoms with Gasteiger partial charge in [0.05, 0.1) is 11.8 Å². The number of aromatic nitrogens is 2. The van der Waals surface area contributed by atoms with Gasteiger partial charge in [-0.05, 0) is 48.4 Å². The van der Waals surface area contributed by atoms with E-state index in [9.17, 15) is 9.59 Å². The lowest BCUT2D eigenvalue weighted by atomic mass is 10.2. The number of thiophene rings is 1. The number of rotatable bonds is 6. The van der Waals surface area contributed by atoms with Crippen LogP contribution in [-0.4, -0.2) is 33.7 Å². The molecule has 7 nitrogen and oxygen atoms in total. The van der Waals surface area contributed by atoms with E-state index in [1.165, 1.54) is 22.2 Å². The first-order valence-electron chi connectivity index (χ1n) is 10.4. The molecule has 1 aliphatic rings. The summed E-state index contributed by atoms with van der Waals surface area (Å²) in [5, 5.41) is 0.653. The number of carbonyl (C=O) groups is 1. The third kappa shape index (κ3) is 4.31. The number of ether oxygens (including phenoxy) is 2. The van der Waals surface area contributed by atoms with Crippen molar-refractivity contribution in [1.82, 2.24) is 14.5 Å². The number of fused-ring (bicyclic) bond motifs is 2. The van der Waals surface area contributed by atoms with Crippen LogP contribution in [0.3, 0.4) is 0 Å². The molecule has 0 N–H and O–H groups in total. The molecule has 2 aromatic carbocycles. The highest BCUT2D eigenvalue weighted by atomic mass is 35.5. The second-order valence-electron chi connectivity index (χ2n) is 7.61. The average molecular weight is 482 g/mol. The van der Waals surface area contributed by atoms with Crippen LogP contribution in [0.5, 0.6) is 11.5 Å². The monoisotopic (exact) mass is 481 g/mol. The molecule has 0 bridgehead atoms. The Hall–Kier alpha value is -3.36. The minimum atomic E-state index is -0.224. The van der Waals surface area contributed by atoms with Crippen LogP contribution in [0.15, 0.2) is 59.7 Å². The third-order valence-electron chi connectivity index (χ3n) is 5.48. The fourth-order valence-electron chi connectivity index (χ4n) is 3.70. The Bertz CT molecular complexity index is 1400. The van der Waals surface area contributed by atoms with Crippen LogP contribution in [0.4, 0.5) is 0 Å². The summed E-state index contributed by atoms with van der Waals surface area (Å²) >= 11 is 7.34. The van der Waals surface area contributed by atoms with Crippen molar-refractivity contribution in [3.05, 3.63) is 75.8 Å². The van der Waals surface area contributed by atoms with E-state index in [0.29, 0.717) is 39.8 Å². The topological polar surface area (TPSA) is 73.7 Å². The van der Waals surface area contributed by atoms with Crippen molar-refractivity contribution >= 4 is 39.1 Å². The Morgan fingerprint density at radius 3 is 2.73 bits per heavy atom. The quantitative estimate of drug-likeness (QED) is 0.404. The highest BCUT2D eigenvalue weighted by molar-refractivity contribution is 7.22. The summed E-state index contributed by atoms with van der Waals surface area (Å²) in [5.41, 5.74) is 2.29. The fourth-order valence-corrected chi connectivity index (χ4v) is 4.89. The van der Waals surface area contributed by atoms with E-state index in [2.05, 4.69) is 4.98 Å². The molecule has 4 aromatic rings. The normalized spacial score (nSPS) is 12.3. The largest absolute Gasteiger partial charge is 0.454 e. The summed E-state index contributed by atoms with van der Waals surface area (Å²) in [6.07, 6.45) is 1.44. The van der Waals surface area contributed by atoms with E-state index in [4.69, 9.17) is 21.1 Å². The van der Waals surface area contributed by atoms with Gasteiger partial charge in [-0.25, -0.2) is 4.98 Å². The van der Waals surface area contributed by atoms with Gasteiger partial charge < -0.3 is 14.4 Å². The van der Waals surface area contributed by atoms with Gasteiger partial charge in [-0.1, -0.05) is 29.8 Å². The molecular formula is C24H20ClN3O4S. The van der Waals surface area contributed by atoms with Crippen LogP contribution in [0.2, 0.25) is 5.02 Å². The molecule has 0 radical (unpaired) electrons. The minimum absolute atomic E-state index is 0.0751. The first kappa shape index (κ1) is 21.5. The zero-order chi connectivity index (χ0) is 22.9. The number of benzene rings is 2. The van der Waals surface area contributed by atoms with Gasteiger partial charge in [0.25, 0.3) is 5.56 Å². The van der Waals surface area contributed by atoms with Crippen LogP contribution in [0.1, 0.15) is 12.5 Å². The Kier molecular flexibility index (Phi) is 5.78. The smallest absolute Gasteiger partial charge is 0.271 e. The zero-order valence-electron chi connectivity index (χ0n) is 17.8. The summed E-state index contributed by atoms with van der Waals surface area (Å²) < 4.78 is 12.7. The number of amides is 1. The number of carbonyl (C=O) groups excluding carboxylic acids is 1. The van der Waals surface area contributed by atoms with Crippen molar-refractivity contribution in [2.24, 2.45) is 0 Å². The molecule has 2 aromatic heterocycles. The maximum atomic E-state index is 13.1. The molecule has 0 fully saturated rings. The average Bonchev–Trinajstić information content (AvgIpc) is 3.47. The maximum Gasteiger partial charge on any atom is 0.271 e. The number of likely N-dealkylation sites (N-methyl/N-ethyl adjacent to an activating group) is 1. The summed E-state index contributed by atoms with van der Waals surface area (Å²) in [4.78, 5) is 33.1. The molecule has 9 heteroatoms. The first-order valence-corrected chi connectivity index (χ1v) is 11.6. The lowest BCUT2D eigenvalue weighted by molar-refractivity contribution is -0.132. The van der Waals surface area contributed by atoms with Crippen LogP contribution < -0.4 is 15.0 Å². The first-order chi connectivity index (χ1) is 16.0. The highest BCUT2D eigenvalue weighted by Gasteiger charge is 2.18. The van der Waals surface area contributed by atoms with Gasteiger partial charge in [0, 0.05) is 23.0 Å². The van der Waals surface area contributed by atoms with E-state index in [0.717, 1.165) is 16.0 Å². The second kappa shape index (κ2) is 8.88. The van der Waals surface area contributed by atoms with Gasteiger partial charge in [0.2, 0.25) is 12.7 Å². The third-order valence-corrected chi connectivity index (χ3v) is 6.90. The Morgan fingerprint density at radius 1 is 1.15 bits per heavy atom. The van der Waals surface area contributed by atoms with E-state index in [1.54, 1.807) is 4.90 Å². The van der Waals surface area contributed by atoms with Gasteiger partial charge in [-0.15, -0.1) is 11.3 Å². The maximum absolute atomic E-state index is 13.1. The molecule has 3 heterocycles. The molecule has 1 aliphatic heterocycles. The molecular weight excluding hydrogens is 462 g/mol. The second-order valence-corrected chi connectivity index (χ2v) is 9.09. The lowest BCUT2D eigenvalue weighted by Gasteiger charge is -2.21. The van der Waals surface area contributed by atoms with Crippen molar-refractivity contribution in [2.75, 3.05) is 13.3 Å². The number of hydrogen-bond acceptors (Lipinski definition) is 6. The van der Waals surface area contributed by atoms with Crippen LogP contribution in [-0.2, 0) is 17.9 Å². The number of nitrogens with zero attached hydrogens (tertiary/aromatic N) is 3. The zero-order valence-corrected chi connectivity index (χ0v) is 19.4. The van der Waals surface area contributed by atoms with Crippen molar-refractivity contribution in [3.63, 3.8) is 0 Å². The molecule has 0 atom stereocenters. The predicted molar refractivity (Wildman–Crippen MR) is 128 cm³/mol. The molecule has 33 heavy (non-hydrogen) atoms. The molecule has 5 rings (SSSR count). The van der Waals surface area contributed by atoms with Crippen molar-refractivity contribution in [1.29, 1.82) is 0 Å². The predicted octanol–water partition coefficient (Wildman–Crippen LogP) is 4.56. The molecule has 0 spiro atoms. The lowest BCUT2D eigenvalue weighted by Crippen LogP contribution is -2.36. The van der Waals surface area contributed by atoms with Gasteiger partial charge in [-0.2, -0.15) is 0 Å². The Labute approximate surface area is 198 Å². The molecule has 0 aliphatic carbocycles. The van der Waals surface area contributed by atoms with Gasteiger partial charge >= 0.3 is 0 Å². The van der Waals surface area contributed by atoms with Crippen molar-refractivity contribution in [3.8, 4) is 21.9 Å². The Morgan fingerprint density at radius 2 is 1.94 bits per heavy atom. The van der Waals surface area contributed by atoms with Crippen LogP contribution in [0, 0.1) is 0 Å². The minimum Gasteiger partial charge on any atom is -0.454 e. The van der Waals surface area contributed by atoms with Gasteiger partial charge in [-0.3, -0.25) is 14.2 Å². The van der Waals surface area contributed by atoms with E-state index in [1.807, 2.05) is 55.5 Å². The molecule has 168 valence electrons. The Balaban J connectivity index is 1.36. The molecule has 0 saturated heterocycles. The summed E-state index contributed by atoms with van der Waals surface area (Å²) in [6.45, 7) is 2.96. The standard InChI is InChI=1S/C24H20ClN3O4S/c1-2-27(11-15-3-8-19-20(9-15)32-14-31-19)22(29)12-28-13-26-18-10-21(33-23(18)24(28)30)16-4-6-17(25)7-5-16/h3-10,13H,2,11-12,14H2,1H3. The number of hydrogen-bond donors (Lipinski definition) is 0. The van der Waals surface area contributed by atoms with E-state index < -0.39 is 0 Å². The molecule has 0 saturated carbocycles.